The monoisotopic (exact) mass is 307 g/mol. The molecule has 0 bridgehead atoms. The first-order chi connectivity index (χ1) is 9.95. The van der Waals surface area contributed by atoms with Crippen LogP contribution in [0.3, 0.4) is 0 Å². The van der Waals surface area contributed by atoms with E-state index in [2.05, 4.69) is 51.1 Å². The van der Waals surface area contributed by atoms with Crippen LogP contribution in [0.25, 0.3) is 0 Å². The van der Waals surface area contributed by atoms with Crippen molar-refractivity contribution in [3.8, 4) is 0 Å². The van der Waals surface area contributed by atoms with Gasteiger partial charge in [0, 0.05) is 28.7 Å². The molecule has 0 aromatic carbocycles. The van der Waals surface area contributed by atoms with E-state index in [1.165, 1.54) is 17.7 Å². The fraction of sp³-hybridized carbons (Fsp3) is 0.765. The van der Waals surface area contributed by atoms with Crippen LogP contribution in [0.4, 0.5) is 0 Å². The lowest BCUT2D eigenvalue weighted by atomic mass is 9.74. The summed E-state index contributed by atoms with van der Waals surface area (Å²) in [5, 5.41) is 4.27. The highest BCUT2D eigenvalue weighted by molar-refractivity contribution is 7.99. The van der Waals surface area contributed by atoms with Crippen LogP contribution >= 0.6 is 11.8 Å². The van der Waals surface area contributed by atoms with Crippen molar-refractivity contribution in [2.24, 2.45) is 5.41 Å². The molecule has 1 heterocycles. The minimum atomic E-state index is 0.315. The summed E-state index contributed by atoms with van der Waals surface area (Å²) in [5.74, 6) is 1.92. The third-order valence-electron chi connectivity index (χ3n) is 4.25. The quantitative estimate of drug-likeness (QED) is 0.857. The molecular weight excluding hydrogens is 278 g/mol. The van der Waals surface area contributed by atoms with E-state index < -0.39 is 0 Å². The molecule has 1 aromatic heterocycles. The van der Waals surface area contributed by atoms with E-state index in [1.54, 1.807) is 0 Å². The van der Waals surface area contributed by atoms with Gasteiger partial charge in [0.15, 0.2) is 0 Å². The molecule has 4 heteroatoms. The second-order valence-electron chi connectivity index (χ2n) is 6.87. The van der Waals surface area contributed by atoms with Gasteiger partial charge in [-0.2, -0.15) is 11.8 Å². The molecule has 2 atom stereocenters. The van der Waals surface area contributed by atoms with E-state index in [4.69, 9.17) is 4.98 Å². The maximum atomic E-state index is 4.88. The Bertz CT molecular complexity index is 473. The van der Waals surface area contributed by atoms with E-state index >= 15 is 0 Å². The number of nitrogens with zero attached hydrogens (tertiary/aromatic N) is 2. The molecule has 0 amide bonds. The van der Waals surface area contributed by atoms with E-state index in [0.29, 0.717) is 16.7 Å². The first-order valence-electron chi connectivity index (χ1n) is 8.15. The zero-order valence-corrected chi connectivity index (χ0v) is 14.9. The zero-order valence-electron chi connectivity index (χ0n) is 14.1. The average Bonchev–Trinajstić information content (AvgIpc) is 2.43. The van der Waals surface area contributed by atoms with Gasteiger partial charge in [-0.3, -0.25) is 0 Å². The number of thioether (sulfide) groups is 1. The van der Waals surface area contributed by atoms with E-state index in [0.717, 1.165) is 31.0 Å². The van der Waals surface area contributed by atoms with Crippen LogP contribution in [0.2, 0.25) is 0 Å². The normalized spacial score (nSPS) is 21.9. The summed E-state index contributed by atoms with van der Waals surface area (Å²) in [6, 6.07) is 0.407. The van der Waals surface area contributed by atoms with Crippen LogP contribution < -0.4 is 5.32 Å². The predicted octanol–water partition coefficient (Wildman–Crippen LogP) is 4.13. The first-order valence-corrected chi connectivity index (χ1v) is 9.19. The van der Waals surface area contributed by atoms with Gasteiger partial charge in [-0.05, 0) is 31.2 Å². The van der Waals surface area contributed by atoms with Crippen LogP contribution in [0.15, 0.2) is 6.20 Å². The summed E-state index contributed by atoms with van der Waals surface area (Å²) in [6.45, 7) is 12.3. The highest BCUT2D eigenvalue weighted by Crippen LogP contribution is 2.39. The number of rotatable bonds is 6. The van der Waals surface area contributed by atoms with Gasteiger partial charge in [-0.1, -0.05) is 34.6 Å². The zero-order chi connectivity index (χ0) is 15.5. The smallest absolute Gasteiger partial charge is 0.138 e. The van der Waals surface area contributed by atoms with Crippen molar-refractivity contribution in [1.29, 1.82) is 0 Å². The fourth-order valence-electron chi connectivity index (χ4n) is 2.92. The fourth-order valence-corrected chi connectivity index (χ4v) is 3.73. The van der Waals surface area contributed by atoms with Crippen LogP contribution in [-0.4, -0.2) is 21.8 Å². The van der Waals surface area contributed by atoms with Crippen molar-refractivity contribution < 1.29 is 0 Å². The van der Waals surface area contributed by atoms with Gasteiger partial charge in [0.2, 0.25) is 0 Å². The van der Waals surface area contributed by atoms with Gasteiger partial charge >= 0.3 is 0 Å². The van der Waals surface area contributed by atoms with Crippen molar-refractivity contribution in [2.45, 2.75) is 70.9 Å². The van der Waals surface area contributed by atoms with Crippen molar-refractivity contribution in [2.75, 3.05) is 6.54 Å². The molecule has 2 unspecified atom stereocenters. The topological polar surface area (TPSA) is 37.8 Å². The maximum absolute atomic E-state index is 4.88. The molecule has 1 aliphatic carbocycles. The van der Waals surface area contributed by atoms with Crippen LogP contribution in [0.5, 0.6) is 0 Å². The summed E-state index contributed by atoms with van der Waals surface area (Å²) in [7, 11) is 0. The third kappa shape index (κ3) is 4.43. The maximum Gasteiger partial charge on any atom is 0.138 e. The Balaban J connectivity index is 2.17. The van der Waals surface area contributed by atoms with Crippen molar-refractivity contribution >= 4 is 11.8 Å². The number of hydrogen-bond donors (Lipinski definition) is 1. The van der Waals surface area contributed by atoms with Gasteiger partial charge < -0.3 is 5.32 Å². The lowest BCUT2D eigenvalue weighted by molar-refractivity contribution is 0.255. The molecule has 118 valence electrons. The standard InChI is InChI=1S/C17H29N3S/c1-6-12(3)21-11-16-19-10-13-14(18-7-2)8-17(4,5)9-15(13)20-16/h10,12,14,18H,6-9,11H2,1-5H3. The lowest BCUT2D eigenvalue weighted by Gasteiger charge is -2.36. The molecule has 1 N–H and O–H groups in total. The number of aromatic nitrogens is 2. The van der Waals surface area contributed by atoms with Gasteiger partial charge in [0.05, 0.1) is 5.75 Å². The molecule has 1 aliphatic rings. The molecule has 3 nitrogen and oxygen atoms in total. The number of nitrogens with one attached hydrogen (secondary N) is 1. The summed E-state index contributed by atoms with van der Waals surface area (Å²) in [4.78, 5) is 9.48. The largest absolute Gasteiger partial charge is 0.310 e. The molecule has 0 aliphatic heterocycles. The molecule has 0 saturated carbocycles. The average molecular weight is 308 g/mol. The minimum absolute atomic E-state index is 0.315. The van der Waals surface area contributed by atoms with Crippen LogP contribution in [0, 0.1) is 5.41 Å². The Labute approximate surface area is 133 Å². The lowest BCUT2D eigenvalue weighted by Crippen LogP contribution is -2.34. The summed E-state index contributed by atoms with van der Waals surface area (Å²) < 4.78 is 0. The Hall–Kier alpha value is -0.610. The second-order valence-corrected chi connectivity index (χ2v) is 8.30. The van der Waals surface area contributed by atoms with Crippen molar-refractivity contribution in [3.63, 3.8) is 0 Å². The van der Waals surface area contributed by atoms with Crippen LogP contribution in [0.1, 0.15) is 70.6 Å². The van der Waals surface area contributed by atoms with Crippen LogP contribution in [-0.2, 0) is 12.2 Å². The highest BCUT2D eigenvalue weighted by atomic mass is 32.2. The van der Waals surface area contributed by atoms with E-state index in [9.17, 15) is 0 Å². The highest BCUT2D eigenvalue weighted by Gasteiger charge is 2.33. The molecule has 1 aromatic rings. The molecule has 0 spiro atoms. The van der Waals surface area contributed by atoms with Gasteiger partial charge in [-0.25, -0.2) is 9.97 Å². The Morgan fingerprint density at radius 2 is 2.19 bits per heavy atom. The summed E-state index contributed by atoms with van der Waals surface area (Å²) in [6.07, 6.45) is 5.49. The van der Waals surface area contributed by atoms with Crippen molar-refractivity contribution in [1.82, 2.24) is 15.3 Å². The molecule has 0 radical (unpaired) electrons. The summed E-state index contributed by atoms with van der Waals surface area (Å²) >= 11 is 1.95. The Kier molecular flexibility index (Phi) is 5.67. The number of hydrogen-bond acceptors (Lipinski definition) is 4. The molecule has 0 saturated heterocycles. The van der Waals surface area contributed by atoms with E-state index in [1.807, 2.05) is 11.8 Å². The molecule has 2 rings (SSSR count). The molecule has 21 heavy (non-hydrogen) atoms. The SMILES string of the molecule is CCNC1CC(C)(C)Cc2nc(CSC(C)CC)ncc21. The van der Waals surface area contributed by atoms with Gasteiger partial charge in [-0.15, -0.1) is 0 Å². The van der Waals surface area contributed by atoms with Gasteiger partial charge in [0.25, 0.3) is 0 Å². The van der Waals surface area contributed by atoms with Crippen molar-refractivity contribution in [3.05, 3.63) is 23.3 Å². The minimum Gasteiger partial charge on any atom is -0.310 e. The summed E-state index contributed by atoms with van der Waals surface area (Å²) in [5.41, 5.74) is 2.88. The van der Waals surface area contributed by atoms with E-state index in [-0.39, 0.29) is 0 Å². The third-order valence-corrected chi connectivity index (χ3v) is 5.58. The number of fused-ring (bicyclic) bond motifs is 1. The Morgan fingerprint density at radius 1 is 1.43 bits per heavy atom. The first kappa shape index (κ1) is 16.8. The predicted molar refractivity (Wildman–Crippen MR) is 91.6 cm³/mol. The second kappa shape index (κ2) is 7.10. The Morgan fingerprint density at radius 3 is 2.86 bits per heavy atom. The van der Waals surface area contributed by atoms with Gasteiger partial charge in [0.1, 0.15) is 5.82 Å². The molecular formula is C17H29N3S. The molecule has 0 fully saturated rings.